The van der Waals surface area contributed by atoms with Crippen molar-refractivity contribution < 1.29 is 10.2 Å². The van der Waals surface area contributed by atoms with Crippen LogP contribution in [0.15, 0.2) is 35.5 Å². The third kappa shape index (κ3) is 4.80. The second-order valence-corrected chi connectivity index (χ2v) is 11.4. The van der Waals surface area contributed by atoms with E-state index in [2.05, 4.69) is 46.4 Å². The Labute approximate surface area is 185 Å². The van der Waals surface area contributed by atoms with Gasteiger partial charge < -0.3 is 10.2 Å². The fraction of sp³-hybridized carbons (Fsp3) is 0.786. The summed E-state index contributed by atoms with van der Waals surface area (Å²) < 4.78 is 0. The molecule has 0 saturated heterocycles. The van der Waals surface area contributed by atoms with E-state index in [0.29, 0.717) is 17.8 Å². The molecule has 0 radical (unpaired) electrons. The molecule has 170 valence electrons. The van der Waals surface area contributed by atoms with Crippen LogP contribution in [-0.4, -0.2) is 22.4 Å². The third-order valence-electron chi connectivity index (χ3n) is 8.97. The Kier molecular flexibility index (Phi) is 7.72. The zero-order chi connectivity index (χ0) is 22.1. The van der Waals surface area contributed by atoms with Crippen molar-refractivity contribution in [3.05, 3.63) is 35.5 Å². The van der Waals surface area contributed by atoms with Gasteiger partial charge in [0.15, 0.2) is 0 Å². The largest absolute Gasteiger partial charge is 0.392 e. The lowest BCUT2D eigenvalue weighted by molar-refractivity contribution is 0.0283. The maximum atomic E-state index is 10.4. The van der Waals surface area contributed by atoms with E-state index in [1.807, 2.05) is 6.92 Å². The van der Waals surface area contributed by atoms with Crippen LogP contribution in [0.3, 0.4) is 0 Å². The lowest BCUT2D eigenvalue weighted by Crippen LogP contribution is -2.36. The summed E-state index contributed by atoms with van der Waals surface area (Å²) in [5.41, 5.74) is 3.87. The van der Waals surface area contributed by atoms with E-state index in [1.165, 1.54) is 51.4 Å². The minimum Gasteiger partial charge on any atom is -0.392 e. The second-order valence-electron chi connectivity index (χ2n) is 11.4. The van der Waals surface area contributed by atoms with E-state index in [-0.39, 0.29) is 5.92 Å². The average Bonchev–Trinajstić information content (AvgIpc) is 3.05. The van der Waals surface area contributed by atoms with Crippen molar-refractivity contribution in [2.24, 2.45) is 35.0 Å². The molecule has 3 rings (SSSR count). The molecule has 0 heterocycles. The molecule has 7 atom stereocenters. The van der Waals surface area contributed by atoms with Crippen LogP contribution >= 0.6 is 0 Å². The molecule has 0 amide bonds. The first-order valence-electron chi connectivity index (χ1n) is 12.6. The first-order chi connectivity index (χ1) is 14.1. The van der Waals surface area contributed by atoms with Gasteiger partial charge in [-0.05, 0) is 78.8 Å². The lowest BCUT2D eigenvalue weighted by atomic mass is 9.60. The second kappa shape index (κ2) is 9.74. The van der Waals surface area contributed by atoms with Gasteiger partial charge in [-0.25, -0.2) is 0 Å². The molecule has 0 spiro atoms. The van der Waals surface area contributed by atoms with E-state index in [1.54, 1.807) is 5.57 Å². The van der Waals surface area contributed by atoms with Crippen LogP contribution < -0.4 is 0 Å². The van der Waals surface area contributed by atoms with E-state index in [4.69, 9.17) is 0 Å². The molecule has 2 N–H and O–H groups in total. The molecule has 3 aliphatic carbocycles. The fourth-order valence-corrected chi connectivity index (χ4v) is 6.91. The number of aliphatic hydroxyl groups is 2. The predicted molar refractivity (Wildman–Crippen MR) is 127 cm³/mol. The number of fused-ring (bicyclic) bond motifs is 1. The summed E-state index contributed by atoms with van der Waals surface area (Å²) in [6, 6.07) is 0. The van der Waals surface area contributed by atoms with Gasteiger partial charge in [0.1, 0.15) is 0 Å². The van der Waals surface area contributed by atoms with Gasteiger partial charge in [-0.3, -0.25) is 0 Å². The quantitative estimate of drug-likeness (QED) is 0.500. The number of hydrogen-bond donors (Lipinski definition) is 2. The molecule has 3 fully saturated rings. The van der Waals surface area contributed by atoms with Crippen LogP contribution in [0.4, 0.5) is 0 Å². The van der Waals surface area contributed by atoms with E-state index >= 15 is 0 Å². The molecule has 3 saturated carbocycles. The van der Waals surface area contributed by atoms with Gasteiger partial charge in [0, 0.05) is 5.92 Å². The normalized spacial score (nSPS) is 40.9. The minimum atomic E-state index is -0.627. The smallest absolute Gasteiger partial charge is 0.0837 e. The Morgan fingerprint density at radius 3 is 2.57 bits per heavy atom. The summed E-state index contributed by atoms with van der Waals surface area (Å²) in [5, 5.41) is 20.7. The van der Waals surface area contributed by atoms with Gasteiger partial charge in [0.05, 0.1) is 12.2 Å². The summed E-state index contributed by atoms with van der Waals surface area (Å²) in [6.07, 6.45) is 14.7. The fourth-order valence-electron chi connectivity index (χ4n) is 6.91. The number of rotatable bonds is 6. The molecule has 3 aliphatic rings. The first-order valence-corrected chi connectivity index (χ1v) is 12.6. The Morgan fingerprint density at radius 2 is 1.87 bits per heavy atom. The van der Waals surface area contributed by atoms with E-state index in [9.17, 15) is 10.2 Å². The van der Waals surface area contributed by atoms with Crippen LogP contribution in [-0.2, 0) is 0 Å². The highest BCUT2D eigenvalue weighted by Gasteiger charge is 2.50. The molecule has 0 aliphatic heterocycles. The molecular formula is C28H46O2. The lowest BCUT2D eigenvalue weighted by Gasteiger charge is -2.44. The van der Waals surface area contributed by atoms with Crippen LogP contribution in [0.1, 0.15) is 92.4 Å². The van der Waals surface area contributed by atoms with Crippen molar-refractivity contribution in [2.75, 3.05) is 0 Å². The average molecular weight is 415 g/mol. The first kappa shape index (κ1) is 23.8. The highest BCUT2D eigenvalue weighted by atomic mass is 16.3. The van der Waals surface area contributed by atoms with E-state index in [0.717, 1.165) is 28.9 Å². The topological polar surface area (TPSA) is 40.5 Å². The summed E-state index contributed by atoms with van der Waals surface area (Å²) >= 11 is 0. The van der Waals surface area contributed by atoms with Crippen molar-refractivity contribution in [1.29, 1.82) is 0 Å². The Balaban J connectivity index is 1.72. The highest BCUT2D eigenvalue weighted by Crippen LogP contribution is 2.60. The van der Waals surface area contributed by atoms with Crippen LogP contribution in [0.5, 0.6) is 0 Å². The molecule has 0 bridgehead atoms. The van der Waals surface area contributed by atoms with E-state index < -0.39 is 12.2 Å². The molecule has 0 aromatic rings. The SMILES string of the molecule is C=C1/C(=C\C=C2/CCC[C@]3(C)[C@@H]([C@H](C)CCCC(C)C)CC[C@@H]23)C[C@@H](O)[C@H](C)[C@@H]1O. The molecular weight excluding hydrogens is 368 g/mol. The highest BCUT2D eigenvalue weighted by molar-refractivity contribution is 5.39. The van der Waals surface area contributed by atoms with Gasteiger partial charge in [0.2, 0.25) is 0 Å². The predicted octanol–water partition coefficient (Wildman–Crippen LogP) is 6.84. The summed E-state index contributed by atoms with van der Waals surface area (Å²) in [7, 11) is 0. The van der Waals surface area contributed by atoms with Crippen LogP contribution in [0, 0.1) is 35.0 Å². The third-order valence-corrected chi connectivity index (χ3v) is 8.97. The maximum Gasteiger partial charge on any atom is 0.0837 e. The van der Waals surface area contributed by atoms with Crippen molar-refractivity contribution in [3.63, 3.8) is 0 Å². The van der Waals surface area contributed by atoms with Crippen molar-refractivity contribution in [2.45, 2.75) is 105 Å². The van der Waals surface area contributed by atoms with Crippen molar-refractivity contribution in [3.8, 4) is 0 Å². The molecule has 0 aromatic heterocycles. The molecule has 2 heteroatoms. The number of allylic oxidation sites excluding steroid dienone is 3. The van der Waals surface area contributed by atoms with Gasteiger partial charge in [-0.1, -0.05) is 78.2 Å². The molecule has 2 nitrogen and oxygen atoms in total. The Morgan fingerprint density at radius 1 is 1.13 bits per heavy atom. The summed E-state index contributed by atoms with van der Waals surface area (Å²) in [5.74, 6) is 3.05. The van der Waals surface area contributed by atoms with Gasteiger partial charge >= 0.3 is 0 Å². The van der Waals surface area contributed by atoms with Gasteiger partial charge in [-0.15, -0.1) is 0 Å². The van der Waals surface area contributed by atoms with Crippen LogP contribution in [0.2, 0.25) is 0 Å². The zero-order valence-electron chi connectivity index (χ0n) is 20.2. The molecule has 0 aromatic carbocycles. The Hall–Kier alpha value is -0.860. The van der Waals surface area contributed by atoms with Crippen molar-refractivity contribution in [1.82, 2.24) is 0 Å². The summed E-state index contributed by atoms with van der Waals surface area (Å²) in [4.78, 5) is 0. The van der Waals surface area contributed by atoms with Crippen LogP contribution in [0.25, 0.3) is 0 Å². The standard InChI is InChI=1S/C28H46O2/c1-18(2)9-7-10-19(3)24-14-15-25-22(11-8-16-28(24,25)6)12-13-23-17-26(29)21(5)27(30)20(23)4/h12-13,18-19,21,24-27,29-30H,4,7-11,14-17H2,1-3,5-6H3/b22-12+,23-13-/t19-,21+,24-,25+,26-,27-,28-/m1/s1. The monoisotopic (exact) mass is 414 g/mol. The Bertz CT molecular complexity index is 672. The number of hydrogen-bond acceptors (Lipinski definition) is 2. The van der Waals surface area contributed by atoms with Gasteiger partial charge in [-0.2, -0.15) is 0 Å². The van der Waals surface area contributed by atoms with Gasteiger partial charge in [0.25, 0.3) is 0 Å². The number of aliphatic hydroxyl groups excluding tert-OH is 2. The molecule has 30 heavy (non-hydrogen) atoms. The maximum absolute atomic E-state index is 10.4. The minimum absolute atomic E-state index is 0.131. The zero-order valence-corrected chi connectivity index (χ0v) is 20.2. The summed E-state index contributed by atoms with van der Waals surface area (Å²) in [6.45, 7) is 15.8. The molecule has 0 unspecified atom stereocenters. The van der Waals surface area contributed by atoms with Crippen molar-refractivity contribution >= 4 is 0 Å².